The molecule has 2 heteroatoms. The molecule has 0 bridgehead atoms. The quantitative estimate of drug-likeness (QED) is 0.475. The van der Waals surface area contributed by atoms with Crippen LogP contribution in [0.25, 0.3) is 10.8 Å². The summed E-state index contributed by atoms with van der Waals surface area (Å²) in [7, 11) is 0. The predicted octanol–water partition coefficient (Wildman–Crippen LogP) is 4.96. The summed E-state index contributed by atoms with van der Waals surface area (Å²) in [5, 5.41) is 2.43. The minimum Gasteiger partial charge on any atom is -0.489 e. The first-order chi connectivity index (χ1) is 11.3. The van der Waals surface area contributed by atoms with Crippen LogP contribution in [0.15, 0.2) is 73.3 Å². The molecule has 0 radical (unpaired) electrons. The van der Waals surface area contributed by atoms with E-state index < -0.39 is 0 Å². The SMILES string of the molecule is C=CCc1cc(C=O)ccc1OCc1ccc2ccccc2c1. The Balaban J connectivity index is 1.81. The van der Waals surface area contributed by atoms with Crippen molar-refractivity contribution < 1.29 is 9.53 Å². The summed E-state index contributed by atoms with van der Waals surface area (Å²) in [5.74, 6) is 0.795. The molecule has 0 fully saturated rings. The van der Waals surface area contributed by atoms with Gasteiger partial charge in [-0.3, -0.25) is 4.79 Å². The van der Waals surface area contributed by atoms with Gasteiger partial charge in [0, 0.05) is 5.56 Å². The van der Waals surface area contributed by atoms with Crippen LogP contribution in [0, 0.1) is 0 Å². The molecule has 0 aliphatic heterocycles. The molecule has 2 nitrogen and oxygen atoms in total. The van der Waals surface area contributed by atoms with Crippen LogP contribution >= 0.6 is 0 Å². The molecule has 0 N–H and O–H groups in total. The highest BCUT2D eigenvalue weighted by molar-refractivity contribution is 5.83. The normalized spacial score (nSPS) is 10.4. The van der Waals surface area contributed by atoms with Crippen molar-refractivity contribution in [3.63, 3.8) is 0 Å². The van der Waals surface area contributed by atoms with Gasteiger partial charge in [-0.1, -0.05) is 42.5 Å². The highest BCUT2D eigenvalue weighted by atomic mass is 16.5. The Labute approximate surface area is 136 Å². The van der Waals surface area contributed by atoms with E-state index in [4.69, 9.17) is 4.74 Å². The first kappa shape index (κ1) is 15.0. The molecular formula is C21H18O2. The van der Waals surface area contributed by atoms with Crippen LogP contribution in [-0.2, 0) is 13.0 Å². The molecule has 0 saturated carbocycles. The Morgan fingerprint density at radius 1 is 0.957 bits per heavy atom. The summed E-state index contributed by atoms with van der Waals surface area (Å²) in [6.07, 6.45) is 3.33. The molecule has 0 aliphatic rings. The van der Waals surface area contributed by atoms with E-state index in [0.29, 0.717) is 18.6 Å². The number of allylic oxidation sites excluding steroid dienone is 1. The molecule has 3 rings (SSSR count). The van der Waals surface area contributed by atoms with Gasteiger partial charge in [-0.2, -0.15) is 0 Å². The van der Waals surface area contributed by atoms with E-state index in [-0.39, 0.29) is 0 Å². The third-order valence-corrected chi connectivity index (χ3v) is 3.79. The zero-order chi connectivity index (χ0) is 16.1. The second-order valence-electron chi connectivity index (χ2n) is 5.45. The lowest BCUT2D eigenvalue weighted by atomic mass is 10.1. The number of hydrogen-bond acceptors (Lipinski definition) is 2. The predicted molar refractivity (Wildman–Crippen MR) is 94.0 cm³/mol. The molecule has 0 aromatic heterocycles. The van der Waals surface area contributed by atoms with Gasteiger partial charge in [-0.25, -0.2) is 0 Å². The summed E-state index contributed by atoms with van der Waals surface area (Å²) >= 11 is 0. The lowest BCUT2D eigenvalue weighted by molar-refractivity contribution is 0.112. The summed E-state index contributed by atoms with van der Waals surface area (Å²) in [4.78, 5) is 10.9. The van der Waals surface area contributed by atoms with Crippen LogP contribution in [0.3, 0.4) is 0 Å². The smallest absolute Gasteiger partial charge is 0.150 e. The lowest BCUT2D eigenvalue weighted by Crippen LogP contribution is -1.99. The van der Waals surface area contributed by atoms with Crippen molar-refractivity contribution in [3.05, 3.63) is 90.0 Å². The molecule has 3 aromatic rings. The van der Waals surface area contributed by atoms with Crippen molar-refractivity contribution in [2.24, 2.45) is 0 Å². The van der Waals surface area contributed by atoms with Crippen LogP contribution in [0.1, 0.15) is 21.5 Å². The number of hydrogen-bond donors (Lipinski definition) is 0. The van der Waals surface area contributed by atoms with Crippen LogP contribution in [0.5, 0.6) is 5.75 Å². The fraction of sp³-hybridized carbons (Fsp3) is 0.0952. The number of aldehydes is 1. The van der Waals surface area contributed by atoms with Gasteiger partial charge in [-0.15, -0.1) is 6.58 Å². The van der Waals surface area contributed by atoms with E-state index in [1.54, 1.807) is 6.07 Å². The summed E-state index contributed by atoms with van der Waals surface area (Å²) < 4.78 is 5.96. The molecule has 0 spiro atoms. The van der Waals surface area contributed by atoms with Gasteiger partial charge in [0.15, 0.2) is 0 Å². The molecule has 0 saturated heterocycles. The van der Waals surface area contributed by atoms with Crippen molar-refractivity contribution in [1.29, 1.82) is 0 Å². The number of rotatable bonds is 6. The first-order valence-electron chi connectivity index (χ1n) is 7.59. The van der Waals surface area contributed by atoms with Gasteiger partial charge >= 0.3 is 0 Å². The zero-order valence-corrected chi connectivity index (χ0v) is 12.9. The number of benzene rings is 3. The van der Waals surface area contributed by atoms with Crippen molar-refractivity contribution in [3.8, 4) is 5.75 Å². The Hall–Kier alpha value is -2.87. The monoisotopic (exact) mass is 302 g/mol. The van der Waals surface area contributed by atoms with E-state index in [1.807, 2.05) is 30.3 Å². The standard InChI is InChI=1S/C21H18O2/c1-2-5-20-12-16(14-22)9-11-21(20)23-15-17-8-10-18-6-3-4-7-19(18)13-17/h2-4,6-14H,1,5,15H2. The van der Waals surface area contributed by atoms with Gasteiger partial charge in [0.05, 0.1) is 0 Å². The minimum absolute atomic E-state index is 0.495. The Morgan fingerprint density at radius 2 is 1.78 bits per heavy atom. The van der Waals surface area contributed by atoms with E-state index in [1.165, 1.54) is 10.8 Å². The van der Waals surface area contributed by atoms with Crippen LogP contribution in [0.4, 0.5) is 0 Å². The zero-order valence-electron chi connectivity index (χ0n) is 12.9. The van der Waals surface area contributed by atoms with Gasteiger partial charge in [0.25, 0.3) is 0 Å². The molecule has 0 heterocycles. The summed E-state index contributed by atoms with van der Waals surface area (Å²) in [6.45, 7) is 4.26. The average molecular weight is 302 g/mol. The van der Waals surface area contributed by atoms with E-state index in [9.17, 15) is 4.79 Å². The fourth-order valence-corrected chi connectivity index (χ4v) is 2.62. The van der Waals surface area contributed by atoms with Gasteiger partial charge in [-0.05, 0) is 52.6 Å². The Kier molecular flexibility index (Phi) is 4.53. The van der Waals surface area contributed by atoms with Crippen molar-refractivity contribution in [2.45, 2.75) is 13.0 Å². The molecule has 0 unspecified atom stereocenters. The van der Waals surface area contributed by atoms with Crippen LogP contribution < -0.4 is 4.74 Å². The minimum atomic E-state index is 0.495. The maximum Gasteiger partial charge on any atom is 0.150 e. The van der Waals surface area contributed by atoms with Crippen LogP contribution in [-0.4, -0.2) is 6.29 Å². The third kappa shape index (κ3) is 3.49. The highest BCUT2D eigenvalue weighted by Gasteiger charge is 2.05. The van der Waals surface area contributed by atoms with Gasteiger partial charge < -0.3 is 4.74 Å². The molecule has 0 aliphatic carbocycles. The fourth-order valence-electron chi connectivity index (χ4n) is 2.62. The van der Waals surface area contributed by atoms with Crippen molar-refractivity contribution >= 4 is 17.1 Å². The van der Waals surface area contributed by atoms with Gasteiger partial charge in [0.2, 0.25) is 0 Å². The maximum atomic E-state index is 10.9. The summed E-state index contributed by atoms with van der Waals surface area (Å²) in [6, 6.07) is 20.1. The van der Waals surface area contributed by atoms with Crippen molar-refractivity contribution in [1.82, 2.24) is 0 Å². The van der Waals surface area contributed by atoms with E-state index >= 15 is 0 Å². The topological polar surface area (TPSA) is 26.3 Å². The second-order valence-corrected chi connectivity index (χ2v) is 5.45. The highest BCUT2D eigenvalue weighted by Crippen LogP contribution is 2.23. The van der Waals surface area contributed by atoms with Crippen molar-refractivity contribution in [2.75, 3.05) is 0 Å². The number of carbonyl (C=O) groups is 1. The Morgan fingerprint density at radius 3 is 2.57 bits per heavy atom. The van der Waals surface area contributed by atoms with E-state index in [0.717, 1.165) is 23.2 Å². The summed E-state index contributed by atoms with van der Waals surface area (Å²) in [5.41, 5.74) is 2.75. The molecule has 0 amide bonds. The van der Waals surface area contributed by atoms with Gasteiger partial charge in [0.1, 0.15) is 18.6 Å². The van der Waals surface area contributed by atoms with Crippen LogP contribution in [0.2, 0.25) is 0 Å². The molecule has 114 valence electrons. The number of ether oxygens (including phenoxy) is 1. The molecule has 23 heavy (non-hydrogen) atoms. The Bertz CT molecular complexity index is 849. The molecule has 0 atom stereocenters. The average Bonchev–Trinajstić information content (AvgIpc) is 2.60. The second kappa shape index (κ2) is 6.93. The largest absolute Gasteiger partial charge is 0.489 e. The molecule has 3 aromatic carbocycles. The maximum absolute atomic E-state index is 10.9. The number of carbonyl (C=O) groups excluding carboxylic acids is 1. The molecular weight excluding hydrogens is 284 g/mol. The number of fused-ring (bicyclic) bond motifs is 1. The van der Waals surface area contributed by atoms with E-state index in [2.05, 4.69) is 36.9 Å². The first-order valence-corrected chi connectivity index (χ1v) is 7.59. The third-order valence-electron chi connectivity index (χ3n) is 3.79. The lowest BCUT2D eigenvalue weighted by Gasteiger charge is -2.12.